The molecule has 2 heterocycles. The number of furan rings is 1. The van der Waals surface area contributed by atoms with E-state index < -0.39 is 0 Å². The van der Waals surface area contributed by atoms with Gasteiger partial charge in [-0.05, 0) is 61.5 Å². The fraction of sp³-hybridized carbons (Fsp3) is 0.139. The van der Waals surface area contributed by atoms with Crippen LogP contribution in [0.4, 0.5) is 22.0 Å². The van der Waals surface area contributed by atoms with Gasteiger partial charge in [0.05, 0.1) is 5.39 Å². The van der Waals surface area contributed by atoms with E-state index in [2.05, 4.69) is 43.0 Å². The standard InChI is InChI=1S/C36H34N6O2/c1-42(2)23-26-10-9-15-30(22-26)41-36(43)40-29-18-16-25(17-19-29)20-21-37-34-32-31(27-11-5-3-6-12-27)33(28-13-7-4-8-14-28)44-35(32)39-24-38-34/h3-19,22,24H,20-21,23H2,1-2H3,(H,37,38,39)(H2,40,41,43). The Balaban J connectivity index is 1.13. The van der Waals surface area contributed by atoms with Crippen LogP contribution in [-0.4, -0.2) is 41.5 Å². The van der Waals surface area contributed by atoms with Gasteiger partial charge in [0.2, 0.25) is 5.71 Å². The summed E-state index contributed by atoms with van der Waals surface area (Å²) in [4.78, 5) is 23.7. The number of rotatable bonds is 10. The fourth-order valence-corrected chi connectivity index (χ4v) is 5.23. The van der Waals surface area contributed by atoms with E-state index in [1.165, 1.54) is 6.33 Å². The molecule has 0 fully saturated rings. The zero-order chi connectivity index (χ0) is 30.3. The quantitative estimate of drug-likeness (QED) is 0.152. The largest absolute Gasteiger partial charge is 0.437 e. The highest BCUT2D eigenvalue weighted by molar-refractivity contribution is 6.05. The van der Waals surface area contributed by atoms with E-state index in [1.54, 1.807) is 0 Å². The van der Waals surface area contributed by atoms with Gasteiger partial charge in [-0.2, -0.15) is 0 Å². The number of hydrogen-bond donors (Lipinski definition) is 3. The van der Waals surface area contributed by atoms with Gasteiger partial charge in [-0.1, -0.05) is 84.9 Å². The third-order valence-electron chi connectivity index (χ3n) is 7.19. The Bertz CT molecular complexity index is 1850. The highest BCUT2D eigenvalue weighted by Crippen LogP contribution is 2.42. The van der Waals surface area contributed by atoms with Crippen molar-refractivity contribution in [3.8, 4) is 22.5 Å². The number of anilines is 3. The van der Waals surface area contributed by atoms with Crippen LogP contribution in [0.2, 0.25) is 0 Å². The minimum atomic E-state index is -0.279. The summed E-state index contributed by atoms with van der Waals surface area (Å²) in [7, 11) is 4.04. The zero-order valence-electron chi connectivity index (χ0n) is 24.7. The number of nitrogens with one attached hydrogen (secondary N) is 3. The van der Waals surface area contributed by atoms with Gasteiger partial charge in [0, 0.05) is 35.6 Å². The van der Waals surface area contributed by atoms with Gasteiger partial charge >= 0.3 is 6.03 Å². The highest BCUT2D eigenvalue weighted by atomic mass is 16.3. The summed E-state index contributed by atoms with van der Waals surface area (Å²) in [5, 5.41) is 10.2. The Kier molecular flexibility index (Phi) is 8.61. The monoisotopic (exact) mass is 582 g/mol. The molecule has 0 spiro atoms. The summed E-state index contributed by atoms with van der Waals surface area (Å²) in [6.07, 6.45) is 2.29. The van der Waals surface area contributed by atoms with Crippen molar-refractivity contribution in [1.82, 2.24) is 14.9 Å². The first-order chi connectivity index (χ1) is 21.5. The Labute approximate surface area is 256 Å². The molecular weight excluding hydrogens is 548 g/mol. The molecule has 0 aliphatic carbocycles. The Morgan fingerprint density at radius 1 is 0.750 bits per heavy atom. The molecule has 220 valence electrons. The van der Waals surface area contributed by atoms with Crippen LogP contribution < -0.4 is 16.0 Å². The van der Waals surface area contributed by atoms with Gasteiger partial charge in [-0.15, -0.1) is 0 Å². The molecule has 3 N–H and O–H groups in total. The van der Waals surface area contributed by atoms with E-state index in [0.717, 1.165) is 69.1 Å². The Hall–Kier alpha value is -5.47. The topological polar surface area (TPSA) is 95.3 Å². The van der Waals surface area contributed by atoms with Gasteiger partial charge in [-0.3, -0.25) is 0 Å². The van der Waals surface area contributed by atoms with Crippen molar-refractivity contribution >= 4 is 34.3 Å². The summed E-state index contributed by atoms with van der Waals surface area (Å²) in [6.45, 7) is 1.46. The van der Waals surface area contributed by atoms with Gasteiger partial charge in [0.15, 0.2) is 0 Å². The normalized spacial score (nSPS) is 11.1. The third kappa shape index (κ3) is 6.77. The molecule has 8 nitrogen and oxygen atoms in total. The van der Waals surface area contributed by atoms with E-state index in [0.29, 0.717) is 12.3 Å². The number of nitrogens with zero attached hydrogens (tertiary/aromatic N) is 3. The summed E-state index contributed by atoms with van der Waals surface area (Å²) >= 11 is 0. The average Bonchev–Trinajstić information content (AvgIpc) is 3.43. The fourth-order valence-electron chi connectivity index (χ4n) is 5.23. The number of aromatic nitrogens is 2. The second-order valence-electron chi connectivity index (χ2n) is 10.8. The smallest absolute Gasteiger partial charge is 0.323 e. The molecule has 0 atom stereocenters. The number of carbonyl (C=O) groups excluding carboxylic acids is 1. The number of hydrogen-bond acceptors (Lipinski definition) is 6. The molecule has 0 bridgehead atoms. The molecule has 0 saturated heterocycles. The van der Waals surface area contributed by atoms with Crippen molar-refractivity contribution in [2.45, 2.75) is 13.0 Å². The summed E-state index contributed by atoms with van der Waals surface area (Å²) in [5.41, 5.74) is 7.27. The first-order valence-electron chi connectivity index (χ1n) is 14.6. The van der Waals surface area contributed by atoms with E-state index in [9.17, 15) is 4.79 Å². The van der Waals surface area contributed by atoms with E-state index >= 15 is 0 Å². The maximum Gasteiger partial charge on any atom is 0.323 e. The lowest BCUT2D eigenvalue weighted by molar-refractivity contribution is 0.262. The Morgan fingerprint density at radius 3 is 2.18 bits per heavy atom. The summed E-state index contributed by atoms with van der Waals surface area (Å²) < 4.78 is 6.32. The highest BCUT2D eigenvalue weighted by Gasteiger charge is 2.21. The number of carbonyl (C=O) groups is 1. The third-order valence-corrected chi connectivity index (χ3v) is 7.19. The molecule has 2 amide bonds. The van der Waals surface area contributed by atoms with Gasteiger partial charge in [-0.25, -0.2) is 14.8 Å². The SMILES string of the molecule is CN(C)Cc1cccc(NC(=O)Nc2ccc(CCNc3ncnc4oc(-c5ccccc5)c(-c5ccccc5)c34)cc2)c1. The zero-order valence-corrected chi connectivity index (χ0v) is 24.7. The van der Waals surface area contributed by atoms with Crippen LogP contribution >= 0.6 is 0 Å². The molecule has 2 aromatic heterocycles. The first kappa shape index (κ1) is 28.6. The lowest BCUT2D eigenvalue weighted by Gasteiger charge is -2.12. The molecule has 44 heavy (non-hydrogen) atoms. The average molecular weight is 583 g/mol. The predicted octanol–water partition coefficient (Wildman–Crippen LogP) is 7.92. The van der Waals surface area contributed by atoms with Crippen molar-refractivity contribution in [2.75, 3.05) is 36.6 Å². The minimum Gasteiger partial charge on any atom is -0.437 e. The summed E-state index contributed by atoms with van der Waals surface area (Å²) in [5.74, 6) is 1.49. The van der Waals surface area contributed by atoms with Gasteiger partial charge in [0.1, 0.15) is 17.9 Å². The number of benzene rings is 4. The van der Waals surface area contributed by atoms with Crippen LogP contribution in [0.3, 0.4) is 0 Å². The molecule has 0 unspecified atom stereocenters. The number of urea groups is 1. The Morgan fingerprint density at radius 2 is 1.45 bits per heavy atom. The second-order valence-corrected chi connectivity index (χ2v) is 10.8. The molecule has 0 saturated carbocycles. The maximum absolute atomic E-state index is 12.6. The van der Waals surface area contributed by atoms with Crippen LogP contribution in [-0.2, 0) is 13.0 Å². The van der Waals surface area contributed by atoms with Crippen LogP contribution in [0.25, 0.3) is 33.6 Å². The number of amides is 2. The second kappa shape index (κ2) is 13.2. The van der Waals surface area contributed by atoms with Gasteiger partial charge in [0.25, 0.3) is 0 Å². The molecule has 0 aliphatic heterocycles. The van der Waals surface area contributed by atoms with Crippen molar-refractivity contribution in [2.24, 2.45) is 0 Å². The molecule has 6 rings (SSSR count). The van der Waals surface area contributed by atoms with Gasteiger partial charge < -0.3 is 25.3 Å². The molecule has 4 aromatic carbocycles. The van der Waals surface area contributed by atoms with E-state index in [-0.39, 0.29) is 6.03 Å². The van der Waals surface area contributed by atoms with Crippen molar-refractivity contribution in [3.63, 3.8) is 0 Å². The predicted molar refractivity (Wildman–Crippen MR) is 178 cm³/mol. The van der Waals surface area contributed by atoms with Crippen LogP contribution in [0.15, 0.2) is 120 Å². The lowest BCUT2D eigenvalue weighted by Crippen LogP contribution is -2.19. The lowest BCUT2D eigenvalue weighted by atomic mass is 9.99. The van der Waals surface area contributed by atoms with Crippen LogP contribution in [0.5, 0.6) is 0 Å². The summed E-state index contributed by atoms with van der Waals surface area (Å²) in [6, 6.07) is 35.7. The molecule has 8 heteroatoms. The molecular formula is C36H34N6O2. The van der Waals surface area contributed by atoms with Crippen molar-refractivity contribution in [1.29, 1.82) is 0 Å². The molecule has 0 radical (unpaired) electrons. The molecule has 6 aromatic rings. The van der Waals surface area contributed by atoms with Crippen LogP contribution in [0.1, 0.15) is 11.1 Å². The van der Waals surface area contributed by atoms with Crippen molar-refractivity contribution < 1.29 is 9.21 Å². The minimum absolute atomic E-state index is 0.279. The molecule has 0 aliphatic rings. The van der Waals surface area contributed by atoms with E-state index in [4.69, 9.17) is 4.42 Å². The van der Waals surface area contributed by atoms with E-state index in [1.807, 2.05) is 111 Å². The van der Waals surface area contributed by atoms with Crippen LogP contribution in [0, 0.1) is 0 Å². The maximum atomic E-state index is 12.6. The first-order valence-corrected chi connectivity index (χ1v) is 14.6. The number of fused-ring (bicyclic) bond motifs is 1. The van der Waals surface area contributed by atoms with Crippen molar-refractivity contribution in [3.05, 3.63) is 127 Å².